The zero-order valence-electron chi connectivity index (χ0n) is 8.21. The fourth-order valence-electron chi connectivity index (χ4n) is 1.97. The van der Waals surface area contributed by atoms with Crippen LogP contribution in [0.2, 0.25) is 5.02 Å². The lowest BCUT2D eigenvalue weighted by molar-refractivity contribution is 0.236. The molecular formula is C11H13ClFNO. The van der Waals surface area contributed by atoms with Gasteiger partial charge in [0.25, 0.3) is 0 Å². The monoisotopic (exact) mass is 229 g/mol. The molecule has 1 heterocycles. The van der Waals surface area contributed by atoms with Gasteiger partial charge in [-0.2, -0.15) is 0 Å². The third-order valence-electron chi connectivity index (χ3n) is 2.81. The smallest absolute Gasteiger partial charge is 0.123 e. The van der Waals surface area contributed by atoms with Crippen molar-refractivity contribution in [2.24, 2.45) is 5.92 Å². The summed E-state index contributed by atoms with van der Waals surface area (Å²) in [4.78, 5) is 0. The molecule has 2 unspecified atom stereocenters. The van der Waals surface area contributed by atoms with Crippen LogP contribution >= 0.6 is 11.6 Å². The molecule has 4 heteroatoms. The van der Waals surface area contributed by atoms with Crippen LogP contribution < -0.4 is 5.32 Å². The lowest BCUT2D eigenvalue weighted by atomic mass is 10.0. The van der Waals surface area contributed by atoms with Gasteiger partial charge < -0.3 is 10.4 Å². The first-order chi connectivity index (χ1) is 7.20. The van der Waals surface area contributed by atoms with E-state index in [1.807, 2.05) is 0 Å². The highest BCUT2D eigenvalue weighted by Gasteiger charge is 2.26. The van der Waals surface area contributed by atoms with Gasteiger partial charge in [0.05, 0.1) is 0 Å². The van der Waals surface area contributed by atoms with Crippen molar-refractivity contribution in [1.29, 1.82) is 0 Å². The summed E-state index contributed by atoms with van der Waals surface area (Å²) in [5.74, 6) is -0.0296. The molecule has 2 atom stereocenters. The van der Waals surface area contributed by atoms with Crippen LogP contribution in [0.5, 0.6) is 0 Å². The third-order valence-corrected chi connectivity index (χ3v) is 3.16. The van der Waals surface area contributed by atoms with E-state index in [2.05, 4.69) is 5.32 Å². The molecule has 2 nitrogen and oxygen atoms in total. The number of aliphatic hydroxyl groups excluding tert-OH is 1. The van der Waals surface area contributed by atoms with E-state index in [-0.39, 0.29) is 24.4 Å². The van der Waals surface area contributed by atoms with Crippen LogP contribution in [0.1, 0.15) is 18.0 Å². The van der Waals surface area contributed by atoms with E-state index in [1.54, 1.807) is 6.07 Å². The Bertz CT molecular complexity index is 358. The van der Waals surface area contributed by atoms with Gasteiger partial charge in [-0.05, 0) is 36.1 Å². The lowest BCUT2D eigenvalue weighted by Gasteiger charge is -2.12. The second-order valence-corrected chi connectivity index (χ2v) is 4.32. The van der Waals surface area contributed by atoms with Gasteiger partial charge in [-0.25, -0.2) is 4.39 Å². The SMILES string of the molecule is OCC1CNC(c2cc(F)ccc2Cl)C1. The summed E-state index contributed by atoms with van der Waals surface area (Å²) in [5, 5.41) is 12.8. The first kappa shape index (κ1) is 10.9. The fraction of sp³-hybridized carbons (Fsp3) is 0.455. The maximum Gasteiger partial charge on any atom is 0.123 e. The average Bonchev–Trinajstić information content (AvgIpc) is 2.70. The van der Waals surface area contributed by atoms with Crippen molar-refractivity contribution in [2.45, 2.75) is 12.5 Å². The maximum absolute atomic E-state index is 13.0. The highest BCUT2D eigenvalue weighted by molar-refractivity contribution is 6.31. The molecule has 82 valence electrons. The van der Waals surface area contributed by atoms with Crippen molar-refractivity contribution in [2.75, 3.05) is 13.2 Å². The Morgan fingerprint density at radius 1 is 1.53 bits per heavy atom. The first-order valence-corrected chi connectivity index (χ1v) is 5.37. The zero-order chi connectivity index (χ0) is 10.8. The van der Waals surface area contributed by atoms with Crippen LogP contribution in [-0.2, 0) is 0 Å². The highest BCUT2D eigenvalue weighted by atomic mass is 35.5. The van der Waals surface area contributed by atoms with Crippen LogP contribution in [0.4, 0.5) is 4.39 Å². The molecule has 1 aromatic rings. The van der Waals surface area contributed by atoms with Gasteiger partial charge in [-0.3, -0.25) is 0 Å². The van der Waals surface area contributed by atoms with Crippen LogP contribution in [-0.4, -0.2) is 18.3 Å². The summed E-state index contributed by atoms with van der Waals surface area (Å²) in [6.45, 7) is 0.921. The van der Waals surface area contributed by atoms with Crippen LogP contribution in [0.15, 0.2) is 18.2 Å². The third kappa shape index (κ3) is 2.30. The molecule has 15 heavy (non-hydrogen) atoms. The molecule has 0 bridgehead atoms. The van der Waals surface area contributed by atoms with Gasteiger partial charge in [-0.15, -0.1) is 0 Å². The van der Waals surface area contributed by atoms with Crippen LogP contribution in [0, 0.1) is 11.7 Å². The predicted octanol–water partition coefficient (Wildman–Crippen LogP) is 2.12. The second-order valence-electron chi connectivity index (χ2n) is 3.91. The number of benzene rings is 1. The van der Waals surface area contributed by atoms with E-state index in [0.29, 0.717) is 5.02 Å². The molecule has 0 aromatic heterocycles. The highest BCUT2D eigenvalue weighted by Crippen LogP contribution is 2.31. The molecule has 1 fully saturated rings. The van der Waals surface area contributed by atoms with Crippen molar-refractivity contribution in [3.8, 4) is 0 Å². The molecule has 0 radical (unpaired) electrons. The Morgan fingerprint density at radius 3 is 3.00 bits per heavy atom. The summed E-state index contributed by atoms with van der Waals surface area (Å²) in [7, 11) is 0. The lowest BCUT2D eigenvalue weighted by Crippen LogP contribution is -2.15. The fourth-order valence-corrected chi connectivity index (χ4v) is 2.22. The zero-order valence-corrected chi connectivity index (χ0v) is 8.97. The molecule has 1 aliphatic heterocycles. The van der Waals surface area contributed by atoms with E-state index in [9.17, 15) is 4.39 Å². The van der Waals surface area contributed by atoms with Crippen molar-refractivity contribution in [3.63, 3.8) is 0 Å². The number of hydrogen-bond donors (Lipinski definition) is 2. The van der Waals surface area contributed by atoms with Crippen molar-refractivity contribution < 1.29 is 9.50 Å². The summed E-state index contributed by atoms with van der Waals surface area (Å²) >= 11 is 6.00. The Kier molecular flexibility index (Phi) is 3.24. The minimum absolute atomic E-state index is 0.0605. The average molecular weight is 230 g/mol. The normalized spacial score (nSPS) is 25.8. The van der Waals surface area contributed by atoms with Gasteiger partial charge in [0.1, 0.15) is 5.82 Å². The van der Waals surface area contributed by atoms with Gasteiger partial charge in [0, 0.05) is 24.2 Å². The molecule has 0 amide bonds. The minimum Gasteiger partial charge on any atom is -0.396 e. The minimum atomic E-state index is -0.274. The summed E-state index contributed by atoms with van der Waals surface area (Å²) < 4.78 is 13.0. The molecule has 2 rings (SSSR count). The van der Waals surface area contributed by atoms with E-state index in [0.717, 1.165) is 18.5 Å². The van der Waals surface area contributed by atoms with Crippen molar-refractivity contribution >= 4 is 11.6 Å². The Hall–Kier alpha value is -0.640. The van der Waals surface area contributed by atoms with E-state index >= 15 is 0 Å². The molecule has 1 aromatic carbocycles. The van der Waals surface area contributed by atoms with Gasteiger partial charge in [-0.1, -0.05) is 11.6 Å². The number of hydrogen-bond acceptors (Lipinski definition) is 2. The molecule has 2 N–H and O–H groups in total. The number of aliphatic hydroxyl groups is 1. The number of nitrogens with one attached hydrogen (secondary N) is 1. The van der Waals surface area contributed by atoms with E-state index < -0.39 is 0 Å². The number of rotatable bonds is 2. The predicted molar refractivity (Wildman–Crippen MR) is 57.3 cm³/mol. The molecule has 0 saturated carbocycles. The second kappa shape index (κ2) is 4.47. The largest absolute Gasteiger partial charge is 0.396 e. The van der Waals surface area contributed by atoms with E-state index in [1.165, 1.54) is 12.1 Å². The summed E-state index contributed by atoms with van der Waals surface area (Å²) in [6.07, 6.45) is 0.805. The molecule has 0 aliphatic carbocycles. The Morgan fingerprint density at radius 2 is 2.33 bits per heavy atom. The Labute approximate surface area is 93.1 Å². The van der Waals surface area contributed by atoms with Gasteiger partial charge in [0.15, 0.2) is 0 Å². The molecule has 0 spiro atoms. The van der Waals surface area contributed by atoms with Crippen LogP contribution in [0.3, 0.4) is 0 Å². The maximum atomic E-state index is 13.0. The molecule has 1 saturated heterocycles. The van der Waals surface area contributed by atoms with Crippen molar-refractivity contribution in [1.82, 2.24) is 5.32 Å². The number of halogens is 2. The molecule has 1 aliphatic rings. The van der Waals surface area contributed by atoms with Crippen molar-refractivity contribution in [3.05, 3.63) is 34.6 Å². The van der Waals surface area contributed by atoms with Crippen LogP contribution in [0.25, 0.3) is 0 Å². The van der Waals surface area contributed by atoms with Gasteiger partial charge in [0.2, 0.25) is 0 Å². The van der Waals surface area contributed by atoms with Gasteiger partial charge >= 0.3 is 0 Å². The first-order valence-electron chi connectivity index (χ1n) is 5.00. The molecular weight excluding hydrogens is 217 g/mol. The van der Waals surface area contributed by atoms with E-state index in [4.69, 9.17) is 16.7 Å². The Balaban J connectivity index is 2.19. The summed E-state index contributed by atoms with van der Waals surface area (Å²) in [5.41, 5.74) is 0.785. The topological polar surface area (TPSA) is 32.3 Å². The quantitative estimate of drug-likeness (QED) is 0.814. The summed E-state index contributed by atoms with van der Waals surface area (Å²) in [6, 6.07) is 4.44. The standard InChI is InChI=1S/C11H13ClFNO/c12-10-2-1-8(13)4-9(10)11-3-7(6-15)5-14-11/h1-2,4,7,11,14-15H,3,5-6H2.